The maximum atomic E-state index is 11.7. The molecule has 0 N–H and O–H groups in total. The van der Waals surface area contributed by atoms with Crippen LogP contribution >= 0.6 is 11.3 Å². The van der Waals surface area contributed by atoms with Crippen molar-refractivity contribution in [3.63, 3.8) is 0 Å². The van der Waals surface area contributed by atoms with Crippen molar-refractivity contribution in [2.45, 2.75) is 44.3 Å². The molecular weight excluding hydrogens is 418 g/mol. The smallest absolute Gasteiger partial charge is 0.281 e. The number of hydrogen-bond donors (Lipinski definition) is 0. The molecule has 0 radical (unpaired) electrons. The second-order valence-corrected chi connectivity index (χ2v) is 11.7. The first-order chi connectivity index (χ1) is 14.4. The SMILES string of the molecule is CS(=O)(=O)CC1C[C@H]2CC[C@@H](C1)N2Cc1ccc(Oc2nc3ncccc3s2)cc1. The highest BCUT2D eigenvalue weighted by molar-refractivity contribution is 7.90. The lowest BCUT2D eigenvalue weighted by Gasteiger charge is -2.38. The molecule has 2 aliphatic heterocycles. The van der Waals surface area contributed by atoms with Crippen LogP contribution in [-0.4, -0.2) is 47.4 Å². The number of fused-ring (bicyclic) bond motifs is 3. The lowest BCUT2D eigenvalue weighted by atomic mass is 9.92. The van der Waals surface area contributed by atoms with Gasteiger partial charge in [-0.25, -0.2) is 13.4 Å². The maximum absolute atomic E-state index is 11.7. The minimum absolute atomic E-state index is 0.313. The Morgan fingerprint density at radius 1 is 1.13 bits per heavy atom. The van der Waals surface area contributed by atoms with Crippen LogP contribution in [0.1, 0.15) is 31.2 Å². The fourth-order valence-corrected chi connectivity index (χ4v) is 6.90. The van der Waals surface area contributed by atoms with E-state index in [2.05, 4.69) is 27.0 Å². The number of benzene rings is 1. The molecule has 2 aliphatic rings. The van der Waals surface area contributed by atoms with Crippen LogP contribution in [-0.2, 0) is 16.4 Å². The molecule has 3 atom stereocenters. The maximum Gasteiger partial charge on any atom is 0.281 e. The zero-order valence-electron chi connectivity index (χ0n) is 16.9. The monoisotopic (exact) mass is 443 g/mol. The van der Waals surface area contributed by atoms with Gasteiger partial charge >= 0.3 is 0 Å². The van der Waals surface area contributed by atoms with Crippen molar-refractivity contribution in [1.82, 2.24) is 14.9 Å². The summed E-state index contributed by atoms with van der Waals surface area (Å²) in [5.41, 5.74) is 1.97. The number of pyridine rings is 1. The number of hydrogen-bond acceptors (Lipinski definition) is 7. The minimum Gasteiger partial charge on any atom is -0.431 e. The molecule has 2 fully saturated rings. The quantitative estimate of drug-likeness (QED) is 0.566. The molecule has 8 heteroatoms. The Bertz CT molecular complexity index is 1100. The molecule has 1 unspecified atom stereocenters. The van der Waals surface area contributed by atoms with Gasteiger partial charge in [-0.3, -0.25) is 4.90 Å². The van der Waals surface area contributed by atoms with Crippen LogP contribution in [0.15, 0.2) is 42.6 Å². The average molecular weight is 444 g/mol. The highest BCUT2D eigenvalue weighted by atomic mass is 32.2. The van der Waals surface area contributed by atoms with Gasteiger partial charge in [0, 0.05) is 31.1 Å². The van der Waals surface area contributed by atoms with Crippen LogP contribution in [0, 0.1) is 5.92 Å². The van der Waals surface area contributed by atoms with Gasteiger partial charge in [0.1, 0.15) is 15.6 Å². The number of rotatable bonds is 6. The summed E-state index contributed by atoms with van der Waals surface area (Å²) in [6, 6.07) is 13.1. The second-order valence-electron chi connectivity index (χ2n) is 8.54. The Hall–Kier alpha value is -2.03. The molecule has 0 amide bonds. The summed E-state index contributed by atoms with van der Waals surface area (Å²) in [5, 5.41) is 0.599. The molecule has 4 heterocycles. The van der Waals surface area contributed by atoms with Crippen molar-refractivity contribution >= 4 is 31.5 Å². The molecule has 0 spiro atoms. The third kappa shape index (κ3) is 4.36. The molecule has 1 aromatic carbocycles. The highest BCUT2D eigenvalue weighted by Crippen LogP contribution is 2.40. The minimum atomic E-state index is -2.90. The van der Waals surface area contributed by atoms with Crippen LogP contribution in [0.3, 0.4) is 0 Å². The van der Waals surface area contributed by atoms with E-state index in [-0.39, 0.29) is 0 Å². The van der Waals surface area contributed by atoms with Crippen molar-refractivity contribution in [3.8, 4) is 10.9 Å². The lowest BCUT2D eigenvalue weighted by Crippen LogP contribution is -2.43. The van der Waals surface area contributed by atoms with Crippen molar-refractivity contribution < 1.29 is 13.2 Å². The molecule has 2 bridgehead atoms. The molecule has 5 rings (SSSR count). The number of sulfone groups is 1. The largest absolute Gasteiger partial charge is 0.431 e. The molecule has 30 heavy (non-hydrogen) atoms. The normalized spacial score (nSPS) is 24.4. The van der Waals surface area contributed by atoms with Crippen LogP contribution in [0.4, 0.5) is 0 Å². The first kappa shape index (κ1) is 19.9. The molecule has 2 saturated heterocycles. The van der Waals surface area contributed by atoms with Gasteiger partial charge < -0.3 is 4.74 Å². The van der Waals surface area contributed by atoms with Crippen LogP contribution in [0.5, 0.6) is 10.9 Å². The fourth-order valence-electron chi connectivity index (χ4n) is 4.98. The molecular formula is C22H25N3O3S2. The van der Waals surface area contributed by atoms with Crippen molar-refractivity contribution in [2.24, 2.45) is 5.92 Å². The van der Waals surface area contributed by atoms with E-state index in [0.29, 0.717) is 34.6 Å². The summed E-state index contributed by atoms with van der Waals surface area (Å²) in [6.45, 7) is 0.909. The zero-order chi connectivity index (χ0) is 20.7. The fraction of sp³-hybridized carbons (Fsp3) is 0.455. The van der Waals surface area contributed by atoms with Gasteiger partial charge in [0.15, 0.2) is 5.65 Å². The first-order valence-electron chi connectivity index (χ1n) is 10.3. The van der Waals surface area contributed by atoms with Crippen LogP contribution < -0.4 is 4.74 Å². The molecule has 6 nitrogen and oxygen atoms in total. The van der Waals surface area contributed by atoms with E-state index >= 15 is 0 Å². The Morgan fingerprint density at radius 3 is 2.53 bits per heavy atom. The molecule has 0 aliphatic carbocycles. The van der Waals surface area contributed by atoms with E-state index in [9.17, 15) is 8.42 Å². The second kappa shape index (κ2) is 7.90. The zero-order valence-corrected chi connectivity index (χ0v) is 18.5. The van der Waals surface area contributed by atoms with Gasteiger partial charge in [-0.15, -0.1) is 0 Å². The molecule has 2 aromatic heterocycles. The predicted octanol–water partition coefficient (Wildman–Crippen LogP) is 4.27. The van der Waals surface area contributed by atoms with E-state index in [1.807, 2.05) is 24.3 Å². The number of nitrogens with zero attached hydrogens (tertiary/aromatic N) is 3. The highest BCUT2D eigenvalue weighted by Gasteiger charge is 2.41. The number of thiazole rings is 1. The topological polar surface area (TPSA) is 72.4 Å². The number of aromatic nitrogens is 2. The third-order valence-electron chi connectivity index (χ3n) is 6.16. The van der Waals surface area contributed by atoms with Crippen molar-refractivity contribution in [1.29, 1.82) is 0 Å². The Morgan fingerprint density at radius 2 is 1.87 bits per heavy atom. The summed E-state index contributed by atoms with van der Waals surface area (Å²) in [6.07, 6.45) is 7.44. The van der Waals surface area contributed by atoms with Crippen molar-refractivity contribution in [3.05, 3.63) is 48.2 Å². The van der Waals surface area contributed by atoms with Crippen LogP contribution in [0.2, 0.25) is 0 Å². The first-order valence-corrected chi connectivity index (χ1v) is 13.2. The predicted molar refractivity (Wildman–Crippen MR) is 119 cm³/mol. The van der Waals surface area contributed by atoms with Gasteiger partial charge in [-0.2, -0.15) is 4.98 Å². The van der Waals surface area contributed by atoms with Gasteiger partial charge in [0.05, 0.1) is 10.5 Å². The van der Waals surface area contributed by atoms with Gasteiger partial charge in [-0.1, -0.05) is 23.5 Å². The van der Waals surface area contributed by atoms with E-state index < -0.39 is 9.84 Å². The summed E-state index contributed by atoms with van der Waals surface area (Å²) < 4.78 is 30.3. The molecule has 0 saturated carbocycles. The number of piperidine rings is 1. The molecule has 3 aromatic rings. The summed E-state index contributed by atoms with van der Waals surface area (Å²) >= 11 is 1.49. The van der Waals surface area contributed by atoms with Crippen molar-refractivity contribution in [2.75, 3.05) is 12.0 Å². The average Bonchev–Trinajstić information content (AvgIpc) is 3.19. The van der Waals surface area contributed by atoms with Gasteiger partial charge in [-0.05, 0) is 61.4 Å². The summed E-state index contributed by atoms with van der Waals surface area (Å²) in [5.74, 6) is 1.42. The van der Waals surface area contributed by atoms with E-state index in [0.717, 1.165) is 29.8 Å². The Balaban J connectivity index is 1.22. The van der Waals surface area contributed by atoms with Gasteiger partial charge in [0.2, 0.25) is 0 Å². The standard InChI is InChI=1S/C22H25N3O3S2/c1-30(26,27)14-16-11-17-6-7-18(12-16)25(17)13-15-4-8-19(9-5-15)28-22-24-21-20(29-22)3-2-10-23-21/h2-5,8-10,16-18H,6-7,11-14H2,1H3/t16?,17-,18+. The Kier molecular flexibility index (Phi) is 5.24. The lowest BCUT2D eigenvalue weighted by molar-refractivity contribution is 0.103. The summed E-state index contributed by atoms with van der Waals surface area (Å²) in [4.78, 5) is 11.2. The Labute approximate surface area is 180 Å². The van der Waals surface area contributed by atoms with E-state index in [1.54, 1.807) is 6.20 Å². The summed E-state index contributed by atoms with van der Waals surface area (Å²) in [7, 11) is -2.90. The third-order valence-corrected chi connectivity index (χ3v) is 8.12. The van der Waals surface area contributed by atoms with E-state index in [4.69, 9.17) is 4.74 Å². The van der Waals surface area contributed by atoms with E-state index in [1.165, 1.54) is 36.0 Å². The van der Waals surface area contributed by atoms with Crippen LogP contribution in [0.25, 0.3) is 10.3 Å². The number of ether oxygens (including phenoxy) is 1. The molecule has 158 valence electrons. The van der Waals surface area contributed by atoms with Gasteiger partial charge in [0.25, 0.3) is 5.19 Å².